The fraction of sp³-hybridized carbons (Fsp3) is 0.333. The normalized spacial score (nSPS) is 9.86. The van der Waals surface area contributed by atoms with Crippen LogP contribution in [0.1, 0.15) is 20.3 Å². The molecule has 0 aliphatic rings. The maximum Gasteiger partial charge on any atom is 0.0370 e. The van der Waals surface area contributed by atoms with Crippen LogP contribution in [0.5, 0.6) is 0 Å². The molecule has 0 amide bonds. The first-order valence-corrected chi connectivity index (χ1v) is 4.91. The average Bonchev–Trinajstić information content (AvgIpc) is 2.18. The van der Waals surface area contributed by atoms with E-state index in [0.717, 1.165) is 18.5 Å². The van der Waals surface area contributed by atoms with Crippen LogP contribution < -0.4 is 10.6 Å². The Kier molecular flexibility index (Phi) is 3.57. The molecule has 2 N–H and O–H groups in total. The highest BCUT2D eigenvalue weighted by molar-refractivity contribution is 5.65. The van der Waals surface area contributed by atoms with Gasteiger partial charge in [0.2, 0.25) is 0 Å². The van der Waals surface area contributed by atoms with Crippen LogP contribution in [0.3, 0.4) is 0 Å². The van der Waals surface area contributed by atoms with Crippen LogP contribution in [0.2, 0.25) is 0 Å². The summed E-state index contributed by atoms with van der Waals surface area (Å²) >= 11 is 0. The van der Waals surface area contributed by atoms with Crippen LogP contribution in [0.4, 0.5) is 5.69 Å². The van der Waals surface area contributed by atoms with Gasteiger partial charge in [-0.3, -0.25) is 0 Å². The minimum absolute atomic E-state index is 0. The summed E-state index contributed by atoms with van der Waals surface area (Å²) in [4.78, 5) is 2.21. The molecule has 2 heteroatoms. The highest BCUT2D eigenvalue weighted by Gasteiger charge is 2.00. The Morgan fingerprint density at radius 1 is 1.57 bits per heavy atom. The second-order valence-corrected chi connectivity index (χ2v) is 3.50. The summed E-state index contributed by atoms with van der Waals surface area (Å²) in [6, 6.07) is 8.14. The second-order valence-electron chi connectivity index (χ2n) is 3.50. The van der Waals surface area contributed by atoms with Gasteiger partial charge in [0, 0.05) is 26.4 Å². The van der Waals surface area contributed by atoms with Gasteiger partial charge in [0.1, 0.15) is 0 Å². The molecular weight excluding hydrogens is 172 g/mol. The maximum absolute atomic E-state index is 5.64. The lowest BCUT2D eigenvalue weighted by atomic mass is 10.1. The average molecular weight is 192 g/mol. The van der Waals surface area contributed by atoms with Gasteiger partial charge in [-0.2, -0.15) is 0 Å². The van der Waals surface area contributed by atoms with E-state index < -0.39 is 0 Å². The van der Waals surface area contributed by atoms with E-state index in [1.54, 1.807) is 0 Å². The van der Waals surface area contributed by atoms with Crippen molar-refractivity contribution in [2.75, 3.05) is 18.5 Å². The van der Waals surface area contributed by atoms with Crippen LogP contribution in [0.25, 0.3) is 5.70 Å². The minimum atomic E-state index is 0. The summed E-state index contributed by atoms with van der Waals surface area (Å²) < 4.78 is 0. The molecule has 0 aromatic heterocycles. The lowest BCUT2D eigenvalue weighted by Gasteiger charge is -2.18. The molecule has 0 radical (unpaired) electrons. The van der Waals surface area contributed by atoms with Crippen molar-refractivity contribution in [2.24, 2.45) is 5.73 Å². The van der Waals surface area contributed by atoms with E-state index in [1.165, 1.54) is 5.69 Å². The van der Waals surface area contributed by atoms with Crippen molar-refractivity contribution < 1.29 is 1.43 Å². The standard InChI is InChI=1S/C12H18N2.H2/c1-4-8-14(3)12-7-5-6-11(9-12)10(2)13;/h5-7,9H,2,4,8,13H2,1,3H3;1H. The van der Waals surface area contributed by atoms with Gasteiger partial charge < -0.3 is 10.6 Å². The molecule has 1 rings (SSSR count). The zero-order chi connectivity index (χ0) is 10.6. The number of benzene rings is 1. The molecule has 1 aromatic carbocycles. The molecule has 0 saturated heterocycles. The Morgan fingerprint density at radius 2 is 2.29 bits per heavy atom. The zero-order valence-corrected chi connectivity index (χ0v) is 8.96. The van der Waals surface area contributed by atoms with Gasteiger partial charge in [-0.05, 0) is 24.1 Å². The summed E-state index contributed by atoms with van der Waals surface area (Å²) in [6.07, 6.45) is 1.14. The first-order valence-electron chi connectivity index (χ1n) is 4.91. The fourth-order valence-corrected chi connectivity index (χ4v) is 1.41. The summed E-state index contributed by atoms with van der Waals surface area (Å²) in [5, 5.41) is 0. The van der Waals surface area contributed by atoms with Crippen LogP contribution in [-0.4, -0.2) is 13.6 Å². The second kappa shape index (κ2) is 4.70. The van der Waals surface area contributed by atoms with E-state index in [-0.39, 0.29) is 1.43 Å². The quantitative estimate of drug-likeness (QED) is 0.794. The Balaban J connectivity index is 0.00000196. The predicted octanol–water partition coefficient (Wildman–Crippen LogP) is 2.71. The van der Waals surface area contributed by atoms with Crippen molar-refractivity contribution in [3.05, 3.63) is 36.4 Å². The van der Waals surface area contributed by atoms with E-state index in [1.807, 2.05) is 12.1 Å². The number of hydrogen-bond donors (Lipinski definition) is 1. The van der Waals surface area contributed by atoms with Crippen LogP contribution in [-0.2, 0) is 0 Å². The number of rotatable bonds is 4. The third-order valence-corrected chi connectivity index (χ3v) is 2.22. The van der Waals surface area contributed by atoms with E-state index in [2.05, 4.69) is 37.6 Å². The molecule has 0 aliphatic heterocycles. The van der Waals surface area contributed by atoms with Gasteiger partial charge in [-0.15, -0.1) is 0 Å². The molecule has 0 spiro atoms. The number of nitrogens with two attached hydrogens (primary N) is 1. The Labute approximate surface area is 87.5 Å². The Bertz CT molecular complexity index is 323. The number of nitrogens with zero attached hydrogens (tertiary/aromatic N) is 1. The highest BCUT2D eigenvalue weighted by atomic mass is 15.1. The zero-order valence-electron chi connectivity index (χ0n) is 8.96. The molecule has 0 fully saturated rings. The highest BCUT2D eigenvalue weighted by Crippen LogP contribution is 2.17. The molecule has 0 heterocycles. The van der Waals surface area contributed by atoms with Crippen LogP contribution in [0, 0.1) is 0 Å². The molecule has 0 bridgehead atoms. The Morgan fingerprint density at radius 3 is 2.86 bits per heavy atom. The minimum Gasteiger partial charge on any atom is -0.399 e. The van der Waals surface area contributed by atoms with E-state index in [4.69, 9.17) is 5.73 Å². The first kappa shape index (κ1) is 10.6. The third kappa shape index (κ3) is 2.52. The lowest BCUT2D eigenvalue weighted by Crippen LogP contribution is -2.17. The number of anilines is 1. The smallest absolute Gasteiger partial charge is 0.0370 e. The van der Waals surface area contributed by atoms with Crippen LogP contribution >= 0.6 is 0 Å². The fourth-order valence-electron chi connectivity index (χ4n) is 1.41. The summed E-state index contributed by atoms with van der Waals surface area (Å²) in [5.41, 5.74) is 8.46. The molecule has 14 heavy (non-hydrogen) atoms. The summed E-state index contributed by atoms with van der Waals surface area (Å²) in [6.45, 7) is 6.96. The topological polar surface area (TPSA) is 29.3 Å². The van der Waals surface area contributed by atoms with Gasteiger partial charge in [-0.25, -0.2) is 0 Å². The van der Waals surface area contributed by atoms with Gasteiger partial charge >= 0.3 is 0 Å². The molecule has 0 saturated carbocycles. The summed E-state index contributed by atoms with van der Waals surface area (Å²) in [7, 11) is 2.09. The molecule has 0 aliphatic carbocycles. The van der Waals surface area contributed by atoms with Gasteiger partial charge in [0.15, 0.2) is 0 Å². The predicted molar refractivity (Wildman–Crippen MR) is 65.3 cm³/mol. The van der Waals surface area contributed by atoms with Crippen molar-refractivity contribution in [1.29, 1.82) is 0 Å². The molecule has 78 valence electrons. The largest absolute Gasteiger partial charge is 0.399 e. The SMILES string of the molecule is C=C(N)c1cccc(N(C)CCC)c1.[HH]. The maximum atomic E-state index is 5.64. The molecular formula is C12H20N2. The molecule has 0 unspecified atom stereocenters. The van der Waals surface area contributed by atoms with Gasteiger partial charge in [-0.1, -0.05) is 25.6 Å². The third-order valence-electron chi connectivity index (χ3n) is 2.22. The van der Waals surface area contributed by atoms with Crippen molar-refractivity contribution in [3.8, 4) is 0 Å². The van der Waals surface area contributed by atoms with E-state index in [9.17, 15) is 0 Å². The Hall–Kier alpha value is -1.44. The monoisotopic (exact) mass is 192 g/mol. The molecule has 2 nitrogen and oxygen atoms in total. The van der Waals surface area contributed by atoms with E-state index in [0.29, 0.717) is 5.70 Å². The molecule has 1 aromatic rings. The molecule has 0 atom stereocenters. The summed E-state index contributed by atoms with van der Waals surface area (Å²) in [5.74, 6) is 0. The first-order chi connectivity index (χ1) is 6.65. The van der Waals surface area contributed by atoms with Crippen LogP contribution in [0.15, 0.2) is 30.8 Å². The lowest BCUT2D eigenvalue weighted by molar-refractivity contribution is 0.852. The van der Waals surface area contributed by atoms with Crippen molar-refractivity contribution in [3.63, 3.8) is 0 Å². The van der Waals surface area contributed by atoms with Crippen molar-refractivity contribution in [1.82, 2.24) is 0 Å². The van der Waals surface area contributed by atoms with E-state index >= 15 is 0 Å². The number of hydrogen-bond acceptors (Lipinski definition) is 2. The van der Waals surface area contributed by atoms with Crippen molar-refractivity contribution in [2.45, 2.75) is 13.3 Å². The van der Waals surface area contributed by atoms with Crippen molar-refractivity contribution >= 4 is 11.4 Å². The van der Waals surface area contributed by atoms with Gasteiger partial charge in [0.05, 0.1) is 0 Å². The van der Waals surface area contributed by atoms with Gasteiger partial charge in [0.25, 0.3) is 0 Å².